The molecule has 1 N–H and O–H groups in total. The summed E-state index contributed by atoms with van der Waals surface area (Å²) in [6.45, 7) is 0. The number of fused-ring (bicyclic) bond motifs is 1. The predicted molar refractivity (Wildman–Crippen MR) is 93.9 cm³/mol. The highest BCUT2D eigenvalue weighted by molar-refractivity contribution is 5.83. The molecule has 0 spiro atoms. The molecule has 0 saturated heterocycles. The van der Waals surface area contributed by atoms with Crippen LogP contribution in [0.25, 0.3) is 22.3 Å². The third kappa shape index (κ3) is 2.45. The Kier molecular flexibility index (Phi) is 3.73. The Morgan fingerprint density at radius 1 is 1.25 bits per heavy atom. The zero-order chi connectivity index (χ0) is 16.7. The minimum atomic E-state index is -0.265. The van der Waals surface area contributed by atoms with Crippen molar-refractivity contribution in [3.05, 3.63) is 53.1 Å². The van der Waals surface area contributed by atoms with Crippen LogP contribution < -0.4 is 5.56 Å². The van der Waals surface area contributed by atoms with Gasteiger partial charge < -0.3 is 14.2 Å². The van der Waals surface area contributed by atoms with Gasteiger partial charge in [0.1, 0.15) is 5.82 Å². The number of hydrogen-bond donors (Lipinski definition) is 1. The van der Waals surface area contributed by atoms with Crippen LogP contribution in [0.2, 0.25) is 0 Å². The summed E-state index contributed by atoms with van der Waals surface area (Å²) in [6.07, 6.45) is 6.99. The molecule has 124 valence electrons. The summed E-state index contributed by atoms with van der Waals surface area (Å²) in [7, 11) is 1.80. The standard InChI is InChI=1S/C19H21N3O2/c1-21-17-8-3-2-5-13(17)11-16(19(21)24)18-20-9-10-22(18)14-6-4-7-15(23)12-14/h2-3,5,8-11,14-15,23H,4,6-7,12H2,1H3/t14-,15-/m1/s1. The van der Waals surface area contributed by atoms with Crippen LogP contribution in [-0.4, -0.2) is 25.3 Å². The first-order chi connectivity index (χ1) is 11.6. The summed E-state index contributed by atoms with van der Waals surface area (Å²) in [5.41, 5.74) is 1.48. The van der Waals surface area contributed by atoms with Crippen molar-refractivity contribution < 1.29 is 5.11 Å². The second-order valence-electron chi connectivity index (χ2n) is 6.61. The first kappa shape index (κ1) is 15.1. The molecule has 5 nitrogen and oxygen atoms in total. The lowest BCUT2D eigenvalue weighted by molar-refractivity contribution is 0.104. The molecule has 2 atom stereocenters. The number of para-hydroxylation sites is 1. The summed E-state index contributed by atoms with van der Waals surface area (Å²) in [5, 5.41) is 11.0. The molecule has 1 saturated carbocycles. The van der Waals surface area contributed by atoms with E-state index in [0.717, 1.165) is 36.6 Å². The third-order valence-corrected chi connectivity index (χ3v) is 5.05. The van der Waals surface area contributed by atoms with Crippen LogP contribution in [0.3, 0.4) is 0 Å². The smallest absolute Gasteiger partial charge is 0.261 e. The number of aliphatic hydroxyl groups excluding tert-OH is 1. The molecule has 24 heavy (non-hydrogen) atoms. The van der Waals surface area contributed by atoms with E-state index in [9.17, 15) is 9.90 Å². The van der Waals surface area contributed by atoms with E-state index in [1.54, 1.807) is 17.8 Å². The Bertz CT molecular complexity index is 941. The van der Waals surface area contributed by atoms with Gasteiger partial charge in [0.25, 0.3) is 5.56 Å². The molecule has 5 heteroatoms. The zero-order valence-electron chi connectivity index (χ0n) is 13.7. The molecule has 1 aromatic carbocycles. The minimum absolute atomic E-state index is 0.0440. The third-order valence-electron chi connectivity index (χ3n) is 5.05. The highest BCUT2D eigenvalue weighted by atomic mass is 16.3. The number of aliphatic hydroxyl groups is 1. The maximum Gasteiger partial charge on any atom is 0.261 e. The fraction of sp³-hybridized carbons (Fsp3) is 0.368. The molecule has 1 aliphatic carbocycles. The largest absolute Gasteiger partial charge is 0.393 e. The van der Waals surface area contributed by atoms with Crippen molar-refractivity contribution >= 4 is 10.9 Å². The molecule has 3 aromatic rings. The van der Waals surface area contributed by atoms with Gasteiger partial charge >= 0.3 is 0 Å². The van der Waals surface area contributed by atoms with Gasteiger partial charge in [-0.05, 0) is 43.2 Å². The maximum atomic E-state index is 12.8. The van der Waals surface area contributed by atoms with E-state index in [0.29, 0.717) is 11.4 Å². The Balaban J connectivity index is 1.86. The molecular formula is C19H21N3O2. The molecule has 2 heterocycles. The summed E-state index contributed by atoms with van der Waals surface area (Å²) in [5.74, 6) is 0.695. The molecule has 0 aliphatic heterocycles. The summed E-state index contributed by atoms with van der Waals surface area (Å²) in [6, 6.07) is 9.99. The Hall–Kier alpha value is -2.40. The quantitative estimate of drug-likeness (QED) is 0.789. The molecule has 0 amide bonds. The molecule has 4 rings (SSSR count). The van der Waals surface area contributed by atoms with E-state index >= 15 is 0 Å². The van der Waals surface area contributed by atoms with Gasteiger partial charge in [-0.3, -0.25) is 4.79 Å². The van der Waals surface area contributed by atoms with Crippen LogP contribution in [0.15, 0.2) is 47.5 Å². The van der Waals surface area contributed by atoms with E-state index in [4.69, 9.17) is 0 Å². The maximum absolute atomic E-state index is 12.8. The SMILES string of the molecule is Cn1c(=O)c(-c2nccn2[C@@H]2CCC[C@@H](O)C2)cc2ccccc21. The highest BCUT2D eigenvalue weighted by Crippen LogP contribution is 2.31. The Labute approximate surface area is 140 Å². The topological polar surface area (TPSA) is 60.0 Å². The first-order valence-corrected chi connectivity index (χ1v) is 8.45. The van der Waals surface area contributed by atoms with Crippen LogP contribution in [-0.2, 0) is 7.05 Å². The lowest BCUT2D eigenvalue weighted by atomic mass is 9.92. The number of imidazole rings is 1. The molecular weight excluding hydrogens is 302 g/mol. The fourth-order valence-electron chi connectivity index (χ4n) is 3.79. The van der Waals surface area contributed by atoms with Crippen LogP contribution in [0.1, 0.15) is 31.7 Å². The van der Waals surface area contributed by atoms with Gasteiger partial charge in [0.15, 0.2) is 0 Å². The minimum Gasteiger partial charge on any atom is -0.393 e. The first-order valence-electron chi connectivity index (χ1n) is 8.45. The van der Waals surface area contributed by atoms with Crippen molar-refractivity contribution in [2.24, 2.45) is 7.05 Å². The second kappa shape index (κ2) is 5.91. The van der Waals surface area contributed by atoms with E-state index in [-0.39, 0.29) is 17.7 Å². The molecule has 0 radical (unpaired) electrons. The van der Waals surface area contributed by atoms with Crippen molar-refractivity contribution in [2.45, 2.75) is 37.8 Å². The highest BCUT2D eigenvalue weighted by Gasteiger charge is 2.24. The van der Waals surface area contributed by atoms with Gasteiger partial charge in [-0.2, -0.15) is 0 Å². The normalized spacial score (nSPS) is 21.2. The van der Waals surface area contributed by atoms with Crippen molar-refractivity contribution in [1.29, 1.82) is 0 Å². The number of nitrogens with zero attached hydrogens (tertiary/aromatic N) is 3. The number of aryl methyl sites for hydroxylation is 1. The average Bonchev–Trinajstić information content (AvgIpc) is 3.07. The van der Waals surface area contributed by atoms with Crippen molar-refractivity contribution in [2.75, 3.05) is 0 Å². The van der Waals surface area contributed by atoms with Gasteiger partial charge in [-0.25, -0.2) is 4.98 Å². The Morgan fingerprint density at radius 3 is 2.92 bits per heavy atom. The summed E-state index contributed by atoms with van der Waals surface area (Å²) in [4.78, 5) is 17.3. The number of pyridine rings is 1. The number of benzene rings is 1. The number of aromatic nitrogens is 3. The van der Waals surface area contributed by atoms with Crippen molar-refractivity contribution in [1.82, 2.24) is 14.1 Å². The van der Waals surface area contributed by atoms with Crippen LogP contribution in [0.5, 0.6) is 0 Å². The number of rotatable bonds is 2. The predicted octanol–water partition coefficient (Wildman–Crippen LogP) is 2.88. The van der Waals surface area contributed by atoms with E-state index < -0.39 is 0 Å². The second-order valence-corrected chi connectivity index (χ2v) is 6.61. The lowest BCUT2D eigenvalue weighted by Gasteiger charge is -2.28. The Morgan fingerprint density at radius 2 is 2.08 bits per heavy atom. The van der Waals surface area contributed by atoms with E-state index in [1.807, 2.05) is 36.5 Å². The van der Waals surface area contributed by atoms with Crippen LogP contribution in [0.4, 0.5) is 0 Å². The monoisotopic (exact) mass is 323 g/mol. The average molecular weight is 323 g/mol. The molecule has 0 unspecified atom stereocenters. The lowest BCUT2D eigenvalue weighted by Crippen LogP contribution is -2.25. The molecule has 1 fully saturated rings. The summed E-state index contributed by atoms with van der Waals surface area (Å²) >= 11 is 0. The van der Waals surface area contributed by atoms with Gasteiger partial charge in [-0.1, -0.05) is 18.2 Å². The molecule has 0 bridgehead atoms. The van der Waals surface area contributed by atoms with Gasteiger partial charge in [-0.15, -0.1) is 0 Å². The molecule has 1 aliphatic rings. The van der Waals surface area contributed by atoms with Gasteiger partial charge in [0.2, 0.25) is 0 Å². The van der Waals surface area contributed by atoms with Crippen molar-refractivity contribution in [3.63, 3.8) is 0 Å². The fourth-order valence-corrected chi connectivity index (χ4v) is 3.79. The van der Waals surface area contributed by atoms with Gasteiger partial charge in [0, 0.05) is 25.5 Å². The van der Waals surface area contributed by atoms with Gasteiger partial charge in [0.05, 0.1) is 17.2 Å². The van der Waals surface area contributed by atoms with E-state index in [1.165, 1.54) is 0 Å². The molecule has 2 aromatic heterocycles. The summed E-state index contributed by atoms with van der Waals surface area (Å²) < 4.78 is 3.74. The van der Waals surface area contributed by atoms with Crippen LogP contribution in [0, 0.1) is 0 Å². The van der Waals surface area contributed by atoms with E-state index in [2.05, 4.69) is 9.55 Å². The van der Waals surface area contributed by atoms with Crippen LogP contribution >= 0.6 is 0 Å². The van der Waals surface area contributed by atoms with Crippen molar-refractivity contribution in [3.8, 4) is 11.4 Å². The number of hydrogen-bond acceptors (Lipinski definition) is 3. The zero-order valence-corrected chi connectivity index (χ0v) is 13.7.